The first kappa shape index (κ1) is 10.7. The van der Waals surface area contributed by atoms with Gasteiger partial charge < -0.3 is 10.3 Å². The molecule has 1 unspecified atom stereocenters. The first-order valence-electron chi connectivity index (χ1n) is 5.14. The summed E-state index contributed by atoms with van der Waals surface area (Å²) < 4.78 is 6.62. The molecule has 0 amide bonds. The van der Waals surface area contributed by atoms with Crippen molar-refractivity contribution in [1.82, 2.24) is 25.1 Å². The SMILES string of the molecule is CCC(N)c1cn(Cc2nc(C)no2)nn1. The third kappa shape index (κ3) is 2.25. The van der Waals surface area contributed by atoms with Gasteiger partial charge in [-0.2, -0.15) is 4.98 Å². The van der Waals surface area contributed by atoms with Crippen LogP contribution in [0.1, 0.15) is 36.8 Å². The summed E-state index contributed by atoms with van der Waals surface area (Å²) in [5.41, 5.74) is 6.61. The summed E-state index contributed by atoms with van der Waals surface area (Å²) >= 11 is 0. The number of hydrogen-bond acceptors (Lipinski definition) is 6. The van der Waals surface area contributed by atoms with Crippen molar-refractivity contribution in [3.63, 3.8) is 0 Å². The highest BCUT2D eigenvalue weighted by molar-refractivity contribution is 4.99. The molecule has 0 aliphatic rings. The average molecular weight is 222 g/mol. The van der Waals surface area contributed by atoms with E-state index in [0.29, 0.717) is 18.3 Å². The van der Waals surface area contributed by atoms with Gasteiger partial charge in [-0.3, -0.25) is 0 Å². The van der Waals surface area contributed by atoms with Crippen molar-refractivity contribution >= 4 is 0 Å². The van der Waals surface area contributed by atoms with E-state index in [0.717, 1.165) is 12.1 Å². The van der Waals surface area contributed by atoms with Gasteiger partial charge in [0.15, 0.2) is 5.82 Å². The second kappa shape index (κ2) is 4.40. The number of aromatic nitrogens is 5. The largest absolute Gasteiger partial charge is 0.337 e. The lowest BCUT2D eigenvalue weighted by Crippen LogP contribution is -2.08. The third-order valence-electron chi connectivity index (χ3n) is 2.24. The van der Waals surface area contributed by atoms with Crippen molar-refractivity contribution in [1.29, 1.82) is 0 Å². The zero-order chi connectivity index (χ0) is 11.5. The van der Waals surface area contributed by atoms with Crippen LogP contribution in [-0.4, -0.2) is 25.1 Å². The van der Waals surface area contributed by atoms with Gasteiger partial charge in [0.05, 0.1) is 17.9 Å². The molecule has 2 rings (SSSR count). The summed E-state index contributed by atoms with van der Waals surface area (Å²) in [5.74, 6) is 1.12. The van der Waals surface area contributed by atoms with E-state index in [-0.39, 0.29) is 6.04 Å². The lowest BCUT2D eigenvalue weighted by molar-refractivity contribution is 0.361. The topological polar surface area (TPSA) is 95.7 Å². The molecule has 0 radical (unpaired) electrons. The standard InChI is InChI=1S/C9H14N6O/c1-3-7(10)8-4-15(14-12-8)5-9-11-6(2)13-16-9/h4,7H,3,5,10H2,1-2H3. The number of aryl methyl sites for hydroxylation is 1. The maximum absolute atomic E-state index is 5.84. The van der Waals surface area contributed by atoms with Crippen LogP contribution in [-0.2, 0) is 6.54 Å². The molecule has 2 aromatic heterocycles. The first-order chi connectivity index (χ1) is 7.69. The zero-order valence-corrected chi connectivity index (χ0v) is 9.29. The van der Waals surface area contributed by atoms with Crippen LogP contribution < -0.4 is 5.73 Å². The smallest absolute Gasteiger partial charge is 0.248 e. The zero-order valence-electron chi connectivity index (χ0n) is 9.29. The van der Waals surface area contributed by atoms with E-state index in [1.54, 1.807) is 17.8 Å². The Hall–Kier alpha value is -1.76. The normalized spacial score (nSPS) is 12.9. The van der Waals surface area contributed by atoms with Crippen molar-refractivity contribution in [3.8, 4) is 0 Å². The molecule has 2 N–H and O–H groups in total. The van der Waals surface area contributed by atoms with Gasteiger partial charge in [0.1, 0.15) is 6.54 Å². The Morgan fingerprint density at radius 3 is 3.00 bits per heavy atom. The summed E-state index contributed by atoms with van der Waals surface area (Å²) in [6.07, 6.45) is 2.63. The summed E-state index contributed by atoms with van der Waals surface area (Å²) in [6, 6.07) is -0.0711. The Bertz CT molecular complexity index is 462. The van der Waals surface area contributed by atoms with Crippen LogP contribution in [0.15, 0.2) is 10.7 Å². The minimum atomic E-state index is -0.0711. The molecule has 86 valence electrons. The van der Waals surface area contributed by atoms with Crippen LogP contribution in [0, 0.1) is 6.92 Å². The molecule has 0 aromatic carbocycles. The van der Waals surface area contributed by atoms with E-state index in [9.17, 15) is 0 Å². The molecule has 0 fully saturated rings. The average Bonchev–Trinajstić information content (AvgIpc) is 2.87. The first-order valence-corrected chi connectivity index (χ1v) is 5.14. The van der Waals surface area contributed by atoms with Crippen molar-refractivity contribution in [3.05, 3.63) is 23.6 Å². The molecule has 0 spiro atoms. The second-order valence-electron chi connectivity index (χ2n) is 3.59. The molecule has 0 saturated heterocycles. The summed E-state index contributed by atoms with van der Waals surface area (Å²) in [5, 5.41) is 11.6. The summed E-state index contributed by atoms with van der Waals surface area (Å²) in [4.78, 5) is 4.08. The van der Waals surface area contributed by atoms with E-state index in [1.807, 2.05) is 6.92 Å². The van der Waals surface area contributed by atoms with E-state index >= 15 is 0 Å². The van der Waals surface area contributed by atoms with Crippen molar-refractivity contribution in [2.45, 2.75) is 32.9 Å². The fourth-order valence-corrected chi connectivity index (χ4v) is 1.31. The minimum absolute atomic E-state index is 0.0711. The molecule has 0 bridgehead atoms. The lowest BCUT2D eigenvalue weighted by Gasteiger charge is -2.01. The third-order valence-corrected chi connectivity index (χ3v) is 2.24. The molecule has 7 heteroatoms. The fraction of sp³-hybridized carbons (Fsp3) is 0.556. The molecule has 7 nitrogen and oxygen atoms in total. The van der Waals surface area contributed by atoms with E-state index in [4.69, 9.17) is 10.3 Å². The quantitative estimate of drug-likeness (QED) is 0.805. The van der Waals surface area contributed by atoms with Gasteiger partial charge in [-0.05, 0) is 13.3 Å². The number of hydrogen-bond donors (Lipinski definition) is 1. The predicted molar refractivity (Wildman–Crippen MR) is 55.4 cm³/mol. The van der Waals surface area contributed by atoms with Gasteiger partial charge in [-0.1, -0.05) is 17.3 Å². The van der Waals surface area contributed by atoms with Crippen molar-refractivity contribution in [2.75, 3.05) is 0 Å². The van der Waals surface area contributed by atoms with Crippen LogP contribution in [0.4, 0.5) is 0 Å². The molecule has 0 aliphatic heterocycles. The van der Waals surface area contributed by atoms with Crippen LogP contribution in [0.3, 0.4) is 0 Å². The minimum Gasteiger partial charge on any atom is -0.337 e. The van der Waals surface area contributed by atoms with Crippen LogP contribution in [0.25, 0.3) is 0 Å². The molecule has 0 aliphatic carbocycles. The fourth-order valence-electron chi connectivity index (χ4n) is 1.31. The van der Waals surface area contributed by atoms with E-state index in [2.05, 4.69) is 20.5 Å². The molecule has 1 atom stereocenters. The summed E-state index contributed by atoms with van der Waals surface area (Å²) in [6.45, 7) is 4.20. The Kier molecular flexibility index (Phi) is 2.95. The molecule has 0 saturated carbocycles. The molecular formula is C9H14N6O. The van der Waals surface area contributed by atoms with E-state index in [1.165, 1.54) is 0 Å². The molecular weight excluding hydrogens is 208 g/mol. The number of nitrogens with two attached hydrogens (primary N) is 1. The predicted octanol–water partition coefficient (Wildman–Crippen LogP) is 0.428. The van der Waals surface area contributed by atoms with Gasteiger partial charge in [-0.15, -0.1) is 5.10 Å². The lowest BCUT2D eigenvalue weighted by atomic mass is 10.2. The molecule has 16 heavy (non-hydrogen) atoms. The highest BCUT2D eigenvalue weighted by atomic mass is 16.5. The Morgan fingerprint density at radius 2 is 2.38 bits per heavy atom. The number of nitrogens with zero attached hydrogens (tertiary/aromatic N) is 5. The van der Waals surface area contributed by atoms with Crippen molar-refractivity contribution in [2.24, 2.45) is 5.73 Å². The maximum atomic E-state index is 5.84. The van der Waals surface area contributed by atoms with Crippen LogP contribution in [0.2, 0.25) is 0 Å². The Labute approximate surface area is 92.6 Å². The Balaban J connectivity index is 2.08. The van der Waals surface area contributed by atoms with Crippen LogP contribution in [0.5, 0.6) is 0 Å². The van der Waals surface area contributed by atoms with Crippen molar-refractivity contribution < 1.29 is 4.52 Å². The highest BCUT2D eigenvalue weighted by Gasteiger charge is 2.10. The van der Waals surface area contributed by atoms with Crippen LogP contribution >= 0.6 is 0 Å². The highest BCUT2D eigenvalue weighted by Crippen LogP contribution is 2.09. The number of rotatable bonds is 4. The monoisotopic (exact) mass is 222 g/mol. The molecule has 2 heterocycles. The van der Waals surface area contributed by atoms with Gasteiger partial charge in [0.2, 0.25) is 5.89 Å². The molecule has 2 aromatic rings. The summed E-state index contributed by atoms with van der Waals surface area (Å²) in [7, 11) is 0. The Morgan fingerprint density at radius 1 is 1.56 bits per heavy atom. The van der Waals surface area contributed by atoms with E-state index < -0.39 is 0 Å². The van der Waals surface area contributed by atoms with Gasteiger partial charge in [0, 0.05) is 0 Å². The maximum Gasteiger partial charge on any atom is 0.248 e. The van der Waals surface area contributed by atoms with Gasteiger partial charge in [-0.25, -0.2) is 4.68 Å². The van der Waals surface area contributed by atoms with Gasteiger partial charge in [0.25, 0.3) is 0 Å². The second-order valence-corrected chi connectivity index (χ2v) is 3.59. The van der Waals surface area contributed by atoms with Gasteiger partial charge >= 0.3 is 0 Å².